The van der Waals surface area contributed by atoms with Crippen molar-refractivity contribution in [3.8, 4) is 0 Å². The lowest BCUT2D eigenvalue weighted by Crippen LogP contribution is -1.94. The average molecular weight is 303 g/mol. The van der Waals surface area contributed by atoms with Crippen molar-refractivity contribution in [3.05, 3.63) is 27.1 Å². The quantitative estimate of drug-likeness (QED) is 0.603. The lowest BCUT2D eigenvalue weighted by atomic mass is 10.2. The summed E-state index contributed by atoms with van der Waals surface area (Å²) in [5.74, 6) is 0.237. The van der Waals surface area contributed by atoms with Gasteiger partial charge in [-0.15, -0.1) is 11.6 Å². The molecule has 12 heavy (non-hydrogen) atoms. The molecule has 0 atom stereocenters. The van der Waals surface area contributed by atoms with Crippen molar-refractivity contribution in [2.45, 2.75) is 12.3 Å². The lowest BCUT2D eigenvalue weighted by Gasteiger charge is -2.02. The number of aromatic nitrogens is 1. The molecule has 0 fully saturated rings. The minimum atomic E-state index is -2.52. The minimum absolute atomic E-state index is 0.217. The zero-order valence-corrected chi connectivity index (χ0v) is 8.81. The molecular formula is C7H5ClF2IN. The highest BCUT2D eigenvalue weighted by Gasteiger charge is 2.10. The van der Waals surface area contributed by atoms with E-state index in [1.54, 1.807) is 0 Å². The molecular weight excluding hydrogens is 298 g/mol. The Kier molecular flexibility index (Phi) is 3.64. The Hall–Kier alpha value is 0.0300. The minimum Gasteiger partial charge on any atom is -0.254 e. The van der Waals surface area contributed by atoms with Crippen LogP contribution in [0.4, 0.5) is 8.78 Å². The highest BCUT2D eigenvalue weighted by Crippen LogP contribution is 2.21. The molecule has 1 aromatic heterocycles. The maximum atomic E-state index is 12.1. The van der Waals surface area contributed by atoms with Crippen LogP contribution in [0, 0.1) is 3.57 Å². The number of nitrogens with zero attached hydrogens (tertiary/aromatic N) is 1. The number of hydrogen-bond acceptors (Lipinski definition) is 1. The first-order chi connectivity index (χ1) is 5.65. The Balaban J connectivity index is 3.05. The second kappa shape index (κ2) is 4.32. The Labute approximate surface area is 87.3 Å². The molecule has 1 aromatic rings. The van der Waals surface area contributed by atoms with Crippen LogP contribution in [-0.4, -0.2) is 4.98 Å². The highest BCUT2D eigenvalue weighted by molar-refractivity contribution is 14.1. The molecule has 0 unspecified atom stereocenters. The van der Waals surface area contributed by atoms with Gasteiger partial charge in [-0.05, 0) is 34.2 Å². The molecule has 0 spiro atoms. The molecule has 0 N–H and O–H groups in total. The summed E-state index contributed by atoms with van der Waals surface area (Å²) >= 11 is 7.54. The van der Waals surface area contributed by atoms with E-state index in [9.17, 15) is 8.78 Å². The first-order valence-corrected chi connectivity index (χ1v) is 4.75. The normalized spacial score (nSPS) is 10.8. The van der Waals surface area contributed by atoms with Gasteiger partial charge in [0.05, 0.1) is 0 Å². The summed E-state index contributed by atoms with van der Waals surface area (Å²) in [7, 11) is 0. The molecule has 0 bridgehead atoms. The van der Waals surface area contributed by atoms with Crippen LogP contribution in [0.3, 0.4) is 0 Å². The van der Waals surface area contributed by atoms with E-state index < -0.39 is 6.43 Å². The summed E-state index contributed by atoms with van der Waals surface area (Å²) in [4.78, 5) is 3.57. The number of pyridine rings is 1. The molecule has 0 radical (unpaired) electrons. The van der Waals surface area contributed by atoms with Gasteiger partial charge < -0.3 is 0 Å². The van der Waals surface area contributed by atoms with E-state index in [0.717, 1.165) is 3.57 Å². The van der Waals surface area contributed by atoms with Crippen LogP contribution < -0.4 is 0 Å². The lowest BCUT2D eigenvalue weighted by molar-refractivity contribution is 0.146. The maximum absolute atomic E-state index is 12.1. The van der Waals surface area contributed by atoms with Gasteiger partial charge in [0.15, 0.2) is 0 Å². The van der Waals surface area contributed by atoms with Gasteiger partial charge >= 0.3 is 0 Å². The van der Waals surface area contributed by atoms with E-state index in [-0.39, 0.29) is 11.6 Å². The summed E-state index contributed by atoms with van der Waals surface area (Å²) in [5, 5.41) is 0. The summed E-state index contributed by atoms with van der Waals surface area (Å²) in [6, 6.07) is 1.33. The standard InChI is InChI=1S/C7H5ClF2IN/c8-2-4-1-6(7(9)10)12-3-5(4)11/h1,3,7H,2H2. The fourth-order valence-corrected chi connectivity index (χ4v) is 1.65. The van der Waals surface area contributed by atoms with Crippen LogP contribution in [0.25, 0.3) is 0 Å². The third kappa shape index (κ3) is 2.26. The summed E-state index contributed by atoms with van der Waals surface area (Å²) in [6.45, 7) is 0. The Morgan fingerprint density at radius 3 is 2.75 bits per heavy atom. The molecule has 0 amide bonds. The second-order valence-corrected chi connectivity index (χ2v) is 3.56. The van der Waals surface area contributed by atoms with Gasteiger partial charge in [-0.2, -0.15) is 0 Å². The Morgan fingerprint density at radius 1 is 1.58 bits per heavy atom. The Morgan fingerprint density at radius 2 is 2.25 bits per heavy atom. The maximum Gasteiger partial charge on any atom is 0.280 e. The van der Waals surface area contributed by atoms with Crippen molar-refractivity contribution in [1.82, 2.24) is 4.98 Å². The van der Waals surface area contributed by atoms with E-state index in [0.29, 0.717) is 5.56 Å². The fraction of sp³-hybridized carbons (Fsp3) is 0.286. The molecule has 0 aliphatic carbocycles. The van der Waals surface area contributed by atoms with Crippen molar-refractivity contribution < 1.29 is 8.78 Å². The largest absolute Gasteiger partial charge is 0.280 e. The second-order valence-electron chi connectivity index (χ2n) is 2.13. The van der Waals surface area contributed by atoms with Crippen LogP contribution in [-0.2, 0) is 5.88 Å². The monoisotopic (exact) mass is 303 g/mol. The number of alkyl halides is 3. The molecule has 1 nitrogen and oxygen atoms in total. The molecule has 1 heterocycles. The van der Waals surface area contributed by atoms with Gasteiger partial charge in [-0.1, -0.05) is 0 Å². The molecule has 1 rings (SSSR count). The third-order valence-electron chi connectivity index (χ3n) is 1.32. The van der Waals surface area contributed by atoms with E-state index in [1.165, 1.54) is 12.3 Å². The van der Waals surface area contributed by atoms with Gasteiger partial charge in [0.2, 0.25) is 0 Å². The van der Waals surface area contributed by atoms with Gasteiger partial charge in [0.25, 0.3) is 6.43 Å². The first-order valence-electron chi connectivity index (χ1n) is 3.13. The van der Waals surface area contributed by atoms with Crippen LogP contribution >= 0.6 is 34.2 Å². The van der Waals surface area contributed by atoms with Gasteiger partial charge in [0.1, 0.15) is 5.69 Å². The molecule has 0 aliphatic heterocycles. The van der Waals surface area contributed by atoms with E-state index in [2.05, 4.69) is 4.98 Å². The molecule has 0 aromatic carbocycles. The fourth-order valence-electron chi connectivity index (χ4n) is 0.721. The van der Waals surface area contributed by atoms with E-state index in [1.807, 2.05) is 22.6 Å². The highest BCUT2D eigenvalue weighted by atomic mass is 127. The van der Waals surface area contributed by atoms with Crippen molar-refractivity contribution in [1.29, 1.82) is 0 Å². The van der Waals surface area contributed by atoms with Crippen molar-refractivity contribution in [2.75, 3.05) is 0 Å². The van der Waals surface area contributed by atoms with Crippen molar-refractivity contribution in [2.24, 2.45) is 0 Å². The molecule has 66 valence electrons. The molecule has 0 aliphatic rings. The van der Waals surface area contributed by atoms with Crippen molar-refractivity contribution >= 4 is 34.2 Å². The Bertz CT molecular complexity index is 280. The predicted octanol–water partition coefficient (Wildman–Crippen LogP) is 3.36. The third-order valence-corrected chi connectivity index (χ3v) is 2.58. The zero-order chi connectivity index (χ0) is 9.14. The van der Waals surface area contributed by atoms with Gasteiger partial charge in [-0.25, -0.2) is 8.78 Å². The zero-order valence-electron chi connectivity index (χ0n) is 5.90. The SMILES string of the molecule is FC(F)c1cc(CCl)c(I)cn1. The summed E-state index contributed by atoms with van der Waals surface area (Å²) in [6.07, 6.45) is -1.12. The van der Waals surface area contributed by atoms with Crippen molar-refractivity contribution in [3.63, 3.8) is 0 Å². The van der Waals surface area contributed by atoms with E-state index in [4.69, 9.17) is 11.6 Å². The number of hydrogen-bond donors (Lipinski definition) is 0. The van der Waals surface area contributed by atoms with Gasteiger partial charge in [-0.3, -0.25) is 4.98 Å². The molecule has 0 saturated heterocycles. The number of rotatable bonds is 2. The average Bonchev–Trinajstić information content (AvgIpc) is 2.05. The first kappa shape index (κ1) is 10.1. The molecule has 5 heteroatoms. The van der Waals surface area contributed by atoms with Crippen LogP contribution in [0.15, 0.2) is 12.3 Å². The number of halogens is 4. The van der Waals surface area contributed by atoms with Crippen LogP contribution in [0.2, 0.25) is 0 Å². The molecule has 0 saturated carbocycles. The van der Waals surface area contributed by atoms with E-state index >= 15 is 0 Å². The topological polar surface area (TPSA) is 12.9 Å². The van der Waals surface area contributed by atoms with Crippen LogP contribution in [0.5, 0.6) is 0 Å². The summed E-state index contributed by atoms with van der Waals surface area (Å²) < 4.78 is 25.0. The van der Waals surface area contributed by atoms with Crippen LogP contribution in [0.1, 0.15) is 17.7 Å². The predicted molar refractivity (Wildman–Crippen MR) is 51.5 cm³/mol. The summed E-state index contributed by atoms with van der Waals surface area (Å²) in [5.41, 5.74) is 0.480. The van der Waals surface area contributed by atoms with Gasteiger partial charge in [0, 0.05) is 15.6 Å². The smallest absolute Gasteiger partial charge is 0.254 e.